The van der Waals surface area contributed by atoms with Crippen molar-refractivity contribution in [2.45, 2.75) is 336 Å². The summed E-state index contributed by atoms with van der Waals surface area (Å²) in [6.07, 6.45) is 59.0. The second-order valence-electron chi connectivity index (χ2n) is 35.9. The first-order chi connectivity index (χ1) is 69.4. The highest BCUT2D eigenvalue weighted by Gasteiger charge is 2.35. The zero-order valence-corrected chi connectivity index (χ0v) is 92.5. The molecule has 0 aliphatic carbocycles. The second-order valence-corrected chi connectivity index (χ2v) is 39.9. The van der Waals surface area contributed by atoms with Crippen molar-refractivity contribution >= 4 is 15.2 Å². The molecule has 0 spiro atoms. The van der Waals surface area contributed by atoms with E-state index in [0.29, 0.717) is 343 Å². The highest BCUT2D eigenvalue weighted by atomic mass is 31.2. The third-order valence-corrected chi connectivity index (χ3v) is 26.9. The van der Waals surface area contributed by atoms with Gasteiger partial charge in [0, 0.05) is 13.7 Å². The van der Waals surface area contributed by atoms with Crippen LogP contribution in [-0.4, -0.2) is 368 Å². The molecule has 0 unspecified atom stereocenters. The summed E-state index contributed by atoms with van der Waals surface area (Å²) in [4.78, 5) is 1.92. The largest absolute Gasteiger partial charge is 0.382 e. The fraction of sp³-hybridized carbons (Fsp3) is 1.00. The molecule has 0 aliphatic heterocycles. The van der Waals surface area contributed by atoms with E-state index < -0.39 is 15.2 Å². The first-order valence-electron chi connectivity index (χ1n) is 56.6. The van der Waals surface area contributed by atoms with Crippen LogP contribution in [0, 0.1) is 0 Å². The van der Waals surface area contributed by atoms with E-state index >= 15 is 9.13 Å². The molecule has 0 aliphatic rings. The molecule has 0 saturated heterocycles. The molecule has 0 atom stereocenters. The van der Waals surface area contributed by atoms with Crippen LogP contribution in [-0.2, 0) is 141 Å². The lowest BCUT2D eigenvalue weighted by molar-refractivity contribution is -0.0319. The van der Waals surface area contributed by atoms with Crippen molar-refractivity contribution in [3.8, 4) is 0 Å². The van der Waals surface area contributed by atoms with E-state index in [-0.39, 0.29) is 12.6 Å². The molecule has 0 heterocycles. The lowest BCUT2D eigenvalue weighted by atomic mass is 10.1. The molecule has 33 heteroatoms. The van der Waals surface area contributed by atoms with Crippen LogP contribution in [0.15, 0.2) is 0 Å². The van der Waals surface area contributed by atoms with Crippen molar-refractivity contribution in [2.24, 2.45) is 0 Å². The average Bonchev–Trinajstić information content (AvgIpc) is 0.843. The van der Waals surface area contributed by atoms with Crippen LogP contribution < -0.4 is 0 Å². The van der Waals surface area contributed by atoms with E-state index in [1.807, 2.05) is 4.90 Å². The highest BCUT2D eigenvalue weighted by molar-refractivity contribution is 7.54. The van der Waals surface area contributed by atoms with Gasteiger partial charge in [0.1, 0.15) is 12.6 Å². The first kappa shape index (κ1) is 139. The van der Waals surface area contributed by atoms with Crippen molar-refractivity contribution < 1.29 is 141 Å². The van der Waals surface area contributed by atoms with Gasteiger partial charge < -0.3 is 132 Å². The van der Waals surface area contributed by atoms with Crippen LogP contribution in [0.4, 0.5) is 0 Å². The van der Waals surface area contributed by atoms with Crippen molar-refractivity contribution in [3.05, 3.63) is 0 Å². The quantitative estimate of drug-likeness (QED) is 0.0403. The fourth-order valence-electron chi connectivity index (χ4n) is 14.8. The molecule has 0 saturated carbocycles. The maximum Gasteiger partial charge on any atom is 0.344 e. The van der Waals surface area contributed by atoms with Crippen LogP contribution in [0.5, 0.6) is 0 Å². The average molecular weight is 2060 g/mol. The minimum atomic E-state index is -3.70. The van der Waals surface area contributed by atoms with Crippen LogP contribution >= 0.6 is 15.2 Å². The van der Waals surface area contributed by atoms with E-state index in [1.54, 1.807) is 7.11 Å². The van der Waals surface area contributed by atoms with Gasteiger partial charge in [0.05, 0.1) is 337 Å². The zero-order chi connectivity index (χ0) is 101. The van der Waals surface area contributed by atoms with Gasteiger partial charge in [-0.15, -0.1) is 0 Å². The predicted octanol–water partition coefficient (Wildman–Crippen LogP) is 22.5. The topological polar surface area (TPSA) is 296 Å². The minimum Gasteiger partial charge on any atom is -0.382 e. The van der Waals surface area contributed by atoms with Gasteiger partial charge in [-0.05, 0) is 25.7 Å². The van der Waals surface area contributed by atoms with Crippen molar-refractivity contribution in [1.29, 1.82) is 0 Å². The lowest BCUT2D eigenvalue weighted by Gasteiger charge is -2.30. The van der Waals surface area contributed by atoms with Gasteiger partial charge in [-0.3, -0.25) is 14.0 Å². The number of methoxy groups -OCH3 is 1. The Bertz CT molecular complexity index is 2190. The molecule has 0 radical (unpaired) electrons. The summed E-state index contributed by atoms with van der Waals surface area (Å²) in [5.74, 6) is 0. The predicted molar refractivity (Wildman–Crippen MR) is 560 cm³/mol. The third kappa shape index (κ3) is 119. The lowest BCUT2D eigenvalue weighted by Crippen LogP contribution is -2.32. The maximum atomic E-state index is 15.3. The van der Waals surface area contributed by atoms with Gasteiger partial charge in [-0.2, -0.15) is 0 Å². The molecular weight excluding hydrogens is 1840 g/mol. The van der Waals surface area contributed by atoms with Crippen LogP contribution in [0.1, 0.15) is 336 Å². The first-order valence-corrected chi connectivity index (χ1v) is 60.1. The Kier molecular flexibility index (Phi) is 125. The number of unbranched alkanes of at least 4 members (excludes halogenated alkanes) is 44. The zero-order valence-electron chi connectivity index (χ0n) is 90.7. The molecule has 0 aromatic carbocycles. The van der Waals surface area contributed by atoms with E-state index in [0.717, 1.165) is 77.0 Å². The summed E-state index contributed by atoms with van der Waals surface area (Å²) >= 11 is 0. The summed E-state index contributed by atoms with van der Waals surface area (Å²) in [5.41, 5.74) is 0. The van der Waals surface area contributed by atoms with Crippen LogP contribution in [0.3, 0.4) is 0 Å². The molecule has 0 fully saturated rings. The van der Waals surface area contributed by atoms with Crippen LogP contribution in [0.25, 0.3) is 0 Å². The number of hydrogen-bond donors (Lipinski definition) is 0. The number of rotatable bonds is 132. The second kappa shape index (κ2) is 125. The molecule has 0 aromatic heterocycles. The number of hydrogen-bond acceptors (Lipinski definition) is 31. The summed E-state index contributed by atoms with van der Waals surface area (Å²) < 4.78 is 190. The normalized spacial score (nSPS) is 12.2. The van der Waals surface area contributed by atoms with Crippen LogP contribution in [0.2, 0.25) is 0 Å². The molecule has 842 valence electrons. The third-order valence-electron chi connectivity index (χ3n) is 23.1. The highest BCUT2D eigenvalue weighted by Crippen LogP contribution is 2.54. The molecule has 0 bridgehead atoms. The Morgan fingerprint density at radius 3 is 0.364 bits per heavy atom. The molecule has 31 nitrogen and oxygen atoms in total. The Morgan fingerprint density at radius 2 is 0.243 bits per heavy atom. The van der Waals surface area contributed by atoms with Gasteiger partial charge >= 0.3 is 15.2 Å². The Labute approximate surface area is 855 Å². The van der Waals surface area contributed by atoms with Gasteiger partial charge in [-0.25, -0.2) is 0 Å². The summed E-state index contributed by atoms with van der Waals surface area (Å²) in [7, 11) is -5.76. The molecule has 140 heavy (non-hydrogen) atoms. The standard InChI is InChI=1S/C107H219NO30P2/c1-6-10-14-18-22-26-30-34-38-42-46-50-55-135-139(109,136-56-51-47-43-39-35-31-27-23-19-15-11-7-2)106-108(107-140(110,137-57-52-48-44-40-36-32-28-24-20-16-12-8-3)138-58-53-49-45-41-37-33-29-25-21-17-13-9-4)54-59-112-62-63-114-66-67-116-70-71-118-74-75-120-78-79-122-82-83-124-86-87-126-90-91-128-94-95-130-98-99-132-102-103-134-105-104-133-101-100-131-97-96-129-93-92-127-89-88-125-85-84-123-81-80-121-77-76-119-73-72-117-69-68-115-65-64-113-61-60-111-5/h6-107H2,1-5H3. The minimum absolute atomic E-state index is 0.0219. The smallest absolute Gasteiger partial charge is 0.344 e. The number of ether oxygens (including phenoxy) is 24. The van der Waals surface area contributed by atoms with Crippen molar-refractivity contribution in [1.82, 2.24) is 4.90 Å². The molecule has 0 aromatic rings. The maximum absolute atomic E-state index is 15.3. The van der Waals surface area contributed by atoms with E-state index in [4.69, 9.17) is 132 Å². The molecule has 0 amide bonds. The fourth-order valence-corrected chi connectivity index (χ4v) is 18.5. The SMILES string of the molecule is CCCCCCCCCCCCCCOP(=O)(CN(CCOCCOCCOCCOCCOCCOCCOCCOCCOCCOCCOCCOCCOCCOCCOCCOCCOCCOCCOCCOCCOCCOCCOCCOC)CP(=O)(OCCCCCCCCCCCCCC)OCCCCCCCCCCCCCC)OCCCCCCCCCCCCCC. The molecular formula is C107H219NO30P2. The Morgan fingerprint density at radius 1 is 0.136 bits per heavy atom. The van der Waals surface area contributed by atoms with Gasteiger partial charge in [0.25, 0.3) is 0 Å². The van der Waals surface area contributed by atoms with Gasteiger partial charge in [0.2, 0.25) is 0 Å². The van der Waals surface area contributed by atoms with E-state index in [1.165, 1.54) is 231 Å². The Balaban J connectivity index is 4.47. The van der Waals surface area contributed by atoms with E-state index in [9.17, 15) is 0 Å². The van der Waals surface area contributed by atoms with Crippen molar-refractivity contribution in [2.75, 3.05) is 363 Å². The van der Waals surface area contributed by atoms with Gasteiger partial charge in [0.15, 0.2) is 0 Å². The van der Waals surface area contributed by atoms with E-state index in [2.05, 4.69) is 27.7 Å². The summed E-state index contributed by atoms with van der Waals surface area (Å²) in [5, 5.41) is 0. The monoisotopic (exact) mass is 2060 g/mol. The van der Waals surface area contributed by atoms with Crippen molar-refractivity contribution in [3.63, 3.8) is 0 Å². The molecule has 0 N–H and O–H groups in total. The summed E-state index contributed by atoms with van der Waals surface area (Å²) in [6, 6.07) is 0. The summed E-state index contributed by atoms with van der Waals surface area (Å²) in [6.45, 7) is 33.2. The Hall–Kier alpha value is -0.700. The number of nitrogens with zero attached hydrogens (tertiary/aromatic N) is 1. The molecule has 0 rings (SSSR count). The van der Waals surface area contributed by atoms with Gasteiger partial charge in [-0.1, -0.05) is 310 Å².